The van der Waals surface area contributed by atoms with Crippen LogP contribution in [-0.4, -0.2) is 25.3 Å². The third-order valence-corrected chi connectivity index (χ3v) is 3.60. The van der Waals surface area contributed by atoms with Gasteiger partial charge in [0.1, 0.15) is 12.0 Å². The van der Waals surface area contributed by atoms with Gasteiger partial charge in [0.05, 0.1) is 11.6 Å². The smallest absolute Gasteiger partial charge is 0.251 e. The summed E-state index contributed by atoms with van der Waals surface area (Å²) in [4.78, 5) is 22.5. The molecular weight excluding hydrogens is 337 g/mol. The van der Waals surface area contributed by atoms with Crippen LogP contribution in [0.4, 0.5) is 0 Å². The highest BCUT2D eigenvalue weighted by Crippen LogP contribution is 2.27. The van der Waals surface area contributed by atoms with Gasteiger partial charge in [-0.2, -0.15) is 0 Å². The van der Waals surface area contributed by atoms with Crippen molar-refractivity contribution in [2.45, 2.75) is 6.42 Å². The van der Waals surface area contributed by atoms with Crippen LogP contribution in [0, 0.1) is 0 Å². The molecular formula is C17H15Cl2NO3. The number of hydrogen-bond acceptors (Lipinski definition) is 3. The van der Waals surface area contributed by atoms with Crippen molar-refractivity contribution >= 4 is 35.4 Å². The number of benzene rings is 2. The number of nitrogens with one attached hydrogen (secondary N) is 1. The van der Waals surface area contributed by atoms with E-state index in [1.807, 2.05) is 0 Å². The van der Waals surface area contributed by atoms with Crippen LogP contribution in [-0.2, 0) is 0 Å². The fourth-order valence-electron chi connectivity index (χ4n) is 1.86. The summed E-state index contributed by atoms with van der Waals surface area (Å²) in [5.74, 6) is 0.374. The van der Waals surface area contributed by atoms with Gasteiger partial charge in [-0.3, -0.25) is 9.59 Å². The van der Waals surface area contributed by atoms with Crippen molar-refractivity contribution in [3.05, 3.63) is 63.6 Å². The van der Waals surface area contributed by atoms with E-state index < -0.39 is 0 Å². The van der Waals surface area contributed by atoms with E-state index in [2.05, 4.69) is 5.32 Å². The Kier molecular flexibility index (Phi) is 6.44. The van der Waals surface area contributed by atoms with Crippen LogP contribution in [0.2, 0.25) is 10.0 Å². The summed E-state index contributed by atoms with van der Waals surface area (Å²) in [6, 6.07) is 11.5. The minimum atomic E-state index is -0.188. The Balaban J connectivity index is 1.72. The van der Waals surface area contributed by atoms with Crippen LogP contribution in [0.1, 0.15) is 27.1 Å². The monoisotopic (exact) mass is 351 g/mol. The average molecular weight is 352 g/mol. The van der Waals surface area contributed by atoms with Gasteiger partial charge in [-0.15, -0.1) is 0 Å². The fraction of sp³-hybridized carbons (Fsp3) is 0.176. The lowest BCUT2D eigenvalue weighted by Crippen LogP contribution is -2.25. The maximum absolute atomic E-state index is 11.9. The number of hydrogen-bond donors (Lipinski definition) is 1. The second-order valence-electron chi connectivity index (χ2n) is 4.77. The van der Waals surface area contributed by atoms with E-state index >= 15 is 0 Å². The van der Waals surface area contributed by atoms with E-state index in [4.69, 9.17) is 27.9 Å². The molecule has 0 fully saturated rings. The molecule has 2 aromatic carbocycles. The number of halogens is 2. The summed E-state index contributed by atoms with van der Waals surface area (Å²) in [7, 11) is 0. The normalized spacial score (nSPS) is 10.2. The maximum Gasteiger partial charge on any atom is 0.251 e. The molecule has 0 aromatic heterocycles. The van der Waals surface area contributed by atoms with Crippen molar-refractivity contribution in [3.63, 3.8) is 0 Å². The SMILES string of the molecule is O=Cc1ccc(C(=O)NCCCOc2ccc(Cl)cc2Cl)cc1. The van der Waals surface area contributed by atoms with Crippen LogP contribution in [0.3, 0.4) is 0 Å². The van der Waals surface area contributed by atoms with Crippen LogP contribution >= 0.6 is 23.2 Å². The summed E-state index contributed by atoms with van der Waals surface area (Å²) in [5.41, 5.74) is 1.05. The van der Waals surface area contributed by atoms with Gasteiger partial charge in [-0.05, 0) is 36.8 Å². The molecule has 0 aliphatic heterocycles. The lowest BCUT2D eigenvalue weighted by Gasteiger charge is -2.09. The summed E-state index contributed by atoms with van der Waals surface area (Å²) >= 11 is 11.8. The third-order valence-electron chi connectivity index (χ3n) is 3.07. The van der Waals surface area contributed by atoms with Gasteiger partial charge in [-0.1, -0.05) is 35.3 Å². The molecule has 0 atom stereocenters. The van der Waals surface area contributed by atoms with E-state index in [0.29, 0.717) is 46.5 Å². The van der Waals surface area contributed by atoms with Crippen LogP contribution in [0.5, 0.6) is 5.75 Å². The molecule has 0 heterocycles. The second-order valence-corrected chi connectivity index (χ2v) is 5.62. The van der Waals surface area contributed by atoms with Gasteiger partial charge in [0.25, 0.3) is 5.91 Å². The molecule has 1 amide bonds. The lowest BCUT2D eigenvalue weighted by molar-refractivity contribution is 0.0951. The second kappa shape index (κ2) is 8.56. The highest BCUT2D eigenvalue weighted by Gasteiger charge is 2.05. The average Bonchev–Trinajstić information content (AvgIpc) is 2.56. The van der Waals surface area contributed by atoms with Crippen molar-refractivity contribution in [3.8, 4) is 5.75 Å². The number of amides is 1. The van der Waals surface area contributed by atoms with Gasteiger partial charge in [0, 0.05) is 22.7 Å². The molecule has 0 saturated heterocycles. The molecule has 6 heteroatoms. The van der Waals surface area contributed by atoms with Crippen LogP contribution in [0.15, 0.2) is 42.5 Å². The van der Waals surface area contributed by atoms with Crippen LogP contribution in [0.25, 0.3) is 0 Å². The molecule has 0 aliphatic carbocycles. The molecule has 0 spiro atoms. The quantitative estimate of drug-likeness (QED) is 0.605. The van der Waals surface area contributed by atoms with E-state index in [1.54, 1.807) is 42.5 Å². The Labute approximate surface area is 144 Å². The Hall–Kier alpha value is -2.04. The van der Waals surface area contributed by atoms with Crippen molar-refractivity contribution in [1.29, 1.82) is 0 Å². The summed E-state index contributed by atoms with van der Waals surface area (Å²) in [6.07, 6.45) is 1.37. The molecule has 4 nitrogen and oxygen atoms in total. The largest absolute Gasteiger partial charge is 0.492 e. The van der Waals surface area contributed by atoms with Crippen LogP contribution < -0.4 is 10.1 Å². The molecule has 2 aromatic rings. The Morgan fingerprint density at radius 3 is 2.52 bits per heavy atom. The number of ether oxygens (including phenoxy) is 1. The minimum Gasteiger partial charge on any atom is -0.492 e. The predicted octanol–water partition coefficient (Wildman–Crippen LogP) is 4.00. The zero-order chi connectivity index (χ0) is 16.7. The van der Waals surface area contributed by atoms with Gasteiger partial charge >= 0.3 is 0 Å². The van der Waals surface area contributed by atoms with Gasteiger partial charge in [0.15, 0.2) is 0 Å². The van der Waals surface area contributed by atoms with E-state index in [1.165, 1.54) is 0 Å². The molecule has 0 radical (unpaired) electrons. The lowest BCUT2D eigenvalue weighted by atomic mass is 10.1. The summed E-state index contributed by atoms with van der Waals surface area (Å²) in [5, 5.41) is 3.79. The third kappa shape index (κ3) is 5.27. The molecule has 0 aliphatic rings. The molecule has 0 unspecified atom stereocenters. The Bertz CT molecular complexity index is 687. The number of carbonyl (C=O) groups excluding carboxylic acids is 2. The van der Waals surface area contributed by atoms with Crippen molar-refractivity contribution in [2.24, 2.45) is 0 Å². The van der Waals surface area contributed by atoms with E-state index in [-0.39, 0.29) is 5.91 Å². The summed E-state index contributed by atoms with van der Waals surface area (Å²) in [6.45, 7) is 0.894. The molecule has 0 bridgehead atoms. The molecule has 23 heavy (non-hydrogen) atoms. The topological polar surface area (TPSA) is 55.4 Å². The Morgan fingerprint density at radius 2 is 1.87 bits per heavy atom. The summed E-state index contributed by atoms with van der Waals surface area (Å²) < 4.78 is 5.53. The van der Waals surface area contributed by atoms with Gasteiger partial charge in [0.2, 0.25) is 0 Å². The van der Waals surface area contributed by atoms with Crippen molar-refractivity contribution < 1.29 is 14.3 Å². The van der Waals surface area contributed by atoms with E-state index in [0.717, 1.165) is 6.29 Å². The molecule has 0 saturated carbocycles. The van der Waals surface area contributed by atoms with Gasteiger partial charge < -0.3 is 10.1 Å². The first-order valence-electron chi connectivity index (χ1n) is 7.01. The van der Waals surface area contributed by atoms with Crippen molar-refractivity contribution in [1.82, 2.24) is 5.32 Å². The standard InChI is InChI=1S/C17H15Cl2NO3/c18-14-6-7-16(15(19)10-14)23-9-1-8-20-17(22)13-4-2-12(11-21)3-5-13/h2-7,10-11H,1,8-9H2,(H,20,22). The first-order valence-corrected chi connectivity index (χ1v) is 7.77. The number of carbonyl (C=O) groups is 2. The number of rotatable bonds is 7. The Morgan fingerprint density at radius 1 is 1.13 bits per heavy atom. The highest BCUT2D eigenvalue weighted by atomic mass is 35.5. The minimum absolute atomic E-state index is 0.188. The van der Waals surface area contributed by atoms with Gasteiger partial charge in [-0.25, -0.2) is 0 Å². The van der Waals surface area contributed by atoms with Crippen molar-refractivity contribution in [2.75, 3.05) is 13.2 Å². The molecule has 2 rings (SSSR count). The first-order chi connectivity index (χ1) is 11.1. The number of aldehydes is 1. The fourth-order valence-corrected chi connectivity index (χ4v) is 2.33. The zero-order valence-corrected chi connectivity index (χ0v) is 13.7. The molecule has 120 valence electrons. The first kappa shape index (κ1) is 17.3. The zero-order valence-electron chi connectivity index (χ0n) is 12.2. The highest BCUT2D eigenvalue weighted by molar-refractivity contribution is 6.35. The molecule has 1 N–H and O–H groups in total. The maximum atomic E-state index is 11.9. The predicted molar refractivity (Wildman–Crippen MR) is 90.7 cm³/mol. The van der Waals surface area contributed by atoms with E-state index in [9.17, 15) is 9.59 Å².